The van der Waals surface area contributed by atoms with E-state index in [2.05, 4.69) is 91.4 Å². The van der Waals surface area contributed by atoms with Crippen LogP contribution < -0.4 is 41.6 Å². The molecular formula is C83H66F2N20O5. The first-order valence-electron chi connectivity index (χ1n) is 34.0. The van der Waals surface area contributed by atoms with Gasteiger partial charge >= 0.3 is 0 Å². The Labute approximate surface area is 628 Å². The number of anilines is 6. The number of nitrogens with one attached hydrogen (secondary N) is 3. The molecule has 0 saturated carbocycles. The highest BCUT2D eigenvalue weighted by molar-refractivity contribution is 5.94. The van der Waals surface area contributed by atoms with Crippen LogP contribution in [0.25, 0.3) is 66.6 Å². The second-order valence-corrected chi connectivity index (χ2v) is 25.7. The minimum absolute atomic E-state index is 0.105. The lowest BCUT2D eigenvalue weighted by atomic mass is 9.98. The molecule has 0 aliphatic heterocycles. The van der Waals surface area contributed by atoms with Crippen molar-refractivity contribution < 1.29 is 32.6 Å². The highest BCUT2D eigenvalue weighted by Gasteiger charge is 2.23. The molecule has 0 unspecified atom stereocenters. The molecule has 27 heteroatoms. The van der Waals surface area contributed by atoms with E-state index in [1.807, 2.05) is 127 Å². The number of aryl methyl sites for hydroxylation is 9. The third-order valence-corrected chi connectivity index (χ3v) is 17.7. The van der Waals surface area contributed by atoms with E-state index in [4.69, 9.17) is 41.5 Å². The van der Waals surface area contributed by atoms with Crippen molar-refractivity contribution in [1.82, 2.24) is 58.8 Å². The molecular weight excluding hydrogens is 1400 g/mol. The molecule has 0 fully saturated rings. The summed E-state index contributed by atoms with van der Waals surface area (Å²) in [6.45, 7) is 11.5. The molecule has 0 radical (unpaired) electrons. The molecule has 15 aromatic rings. The van der Waals surface area contributed by atoms with Crippen molar-refractivity contribution in [2.75, 3.05) is 16.0 Å². The second kappa shape index (κ2) is 31.2. The number of carbonyl (C=O) groups excluding carboxylic acids is 2. The quantitative estimate of drug-likeness (QED) is 0.0565. The number of primary amides is 2. The Morgan fingerprint density at radius 3 is 1.16 bits per heavy atom. The van der Waals surface area contributed by atoms with Crippen molar-refractivity contribution in [2.24, 2.45) is 32.6 Å². The number of hydrogen-bond donors (Lipinski definition) is 5. The maximum atomic E-state index is 14.8. The van der Waals surface area contributed by atoms with Gasteiger partial charge in [-0.15, -0.1) is 0 Å². The lowest BCUT2D eigenvalue weighted by molar-refractivity contribution is 0.0991. The number of ether oxygens (including phenoxy) is 3. The molecule has 8 aromatic carbocycles. The Morgan fingerprint density at radius 2 is 0.800 bits per heavy atom. The van der Waals surface area contributed by atoms with Gasteiger partial charge in [0.25, 0.3) is 5.88 Å². The smallest absolute Gasteiger partial charge is 0.252 e. The molecule has 0 atom stereocenters. The van der Waals surface area contributed by atoms with Crippen molar-refractivity contribution >= 4 is 80.0 Å². The monoisotopic (exact) mass is 1460 g/mol. The third kappa shape index (κ3) is 15.9. The molecule has 110 heavy (non-hydrogen) atoms. The van der Waals surface area contributed by atoms with Crippen LogP contribution in [0.15, 0.2) is 195 Å². The van der Waals surface area contributed by atoms with Crippen LogP contribution >= 0.6 is 0 Å². The van der Waals surface area contributed by atoms with Gasteiger partial charge < -0.3 is 55.3 Å². The van der Waals surface area contributed by atoms with E-state index in [0.29, 0.717) is 108 Å². The first-order chi connectivity index (χ1) is 53.0. The molecule has 542 valence electrons. The summed E-state index contributed by atoms with van der Waals surface area (Å²) in [6, 6.07) is 52.8. The van der Waals surface area contributed by atoms with Crippen LogP contribution in [0.2, 0.25) is 0 Å². The predicted octanol–water partition coefficient (Wildman–Crippen LogP) is 16.6. The summed E-state index contributed by atoms with van der Waals surface area (Å²) in [4.78, 5) is 54.8. The Morgan fingerprint density at radius 1 is 0.427 bits per heavy atom. The van der Waals surface area contributed by atoms with E-state index in [0.717, 1.165) is 84.8 Å². The predicted molar refractivity (Wildman–Crippen MR) is 413 cm³/mol. The van der Waals surface area contributed by atoms with Crippen molar-refractivity contribution in [3.8, 4) is 86.5 Å². The molecule has 15 rings (SSSR count). The number of halogens is 2. The minimum Gasteiger partial charge on any atom is -0.436 e. The molecule has 7 N–H and O–H groups in total. The summed E-state index contributed by atoms with van der Waals surface area (Å²) < 4.78 is 54.2. The Bertz CT molecular complexity index is 6170. The topological polar surface area (TPSA) is 352 Å². The zero-order valence-electron chi connectivity index (χ0n) is 60.6. The highest BCUT2D eigenvalue weighted by atomic mass is 19.1. The van der Waals surface area contributed by atoms with Gasteiger partial charge in [-0.25, -0.2) is 23.7 Å². The highest BCUT2D eigenvalue weighted by Crippen LogP contribution is 2.41. The summed E-state index contributed by atoms with van der Waals surface area (Å²) in [6.07, 6.45) is 8.85. The fraction of sp³-hybridized carbons (Fsp3) is 0.108. The van der Waals surface area contributed by atoms with Gasteiger partial charge in [-0.05, 0) is 243 Å². The number of fused-ring (bicyclic) bond motifs is 3. The van der Waals surface area contributed by atoms with Crippen LogP contribution in [-0.4, -0.2) is 70.6 Å². The SMILES string of the molecule is Cc1cc(-c2ccc(C(N)=O)cc2F)cc(C)c1Oc1nc(Nc2ccc(C#N)cc2)nc2c1ncn2C.Cc1cc(-c2ccc(C(N)=O)cc2F)cc(C)c1Oc1nc(Nc2ccc(C#N)cc2)nc2ccn(C)c12.Cc1cc(-c2ccnnc2)cc(C)c1Oc1nc(Nc2ccc(C#N)cc2)nc2ccn(C)c12. The van der Waals surface area contributed by atoms with E-state index in [-0.39, 0.29) is 17.0 Å². The van der Waals surface area contributed by atoms with Crippen LogP contribution in [0.4, 0.5) is 43.7 Å². The Kier molecular flexibility index (Phi) is 20.7. The van der Waals surface area contributed by atoms with Gasteiger partial charge in [-0.1, -0.05) is 12.1 Å². The molecule has 0 spiro atoms. The van der Waals surface area contributed by atoms with E-state index < -0.39 is 23.4 Å². The second-order valence-electron chi connectivity index (χ2n) is 25.7. The normalized spacial score (nSPS) is 10.8. The standard InChI is InChI=1S/C29H23FN6O2.C28H22FN7O2.C26H21N7O/c1-16-12-20(22-9-6-19(27(32)37)14-23(22)30)13-17(2)26(16)38-28-25-24(10-11-36(25)3)34-29(35-28)33-21-7-4-18(15-31)5-8-21;1-15-10-19(21-9-6-18(25(31)37)12-22(21)29)11-16(2)24(15)38-27-23-26(36(3)14-32-23)34-28(35-27)33-20-7-4-17(13-30)5-8-20;1-16-12-20(19-8-10-28-29-15-19)13-17(2)24(16)34-25-23-22(9-11-33(23)3)31-26(32-25)30-21-6-4-18(14-27)5-7-21/h4-14H,1-3H3,(H2,32,37)(H,33,34,35);4-12,14H,1-3H3,(H2,31,37)(H,33,34,35);4-13,15H,1-3H3,(H,30,31,32). The summed E-state index contributed by atoms with van der Waals surface area (Å²) in [5.41, 5.74) is 27.7. The molecule has 0 aliphatic carbocycles. The number of amides is 2. The van der Waals surface area contributed by atoms with E-state index >= 15 is 0 Å². The number of carbonyl (C=O) groups is 2. The van der Waals surface area contributed by atoms with Gasteiger partial charge in [0, 0.05) is 78.4 Å². The molecule has 7 aromatic heterocycles. The zero-order chi connectivity index (χ0) is 77.6. The Balaban J connectivity index is 0.000000145. The van der Waals surface area contributed by atoms with Crippen LogP contribution in [0.3, 0.4) is 0 Å². The first kappa shape index (κ1) is 73.0. The van der Waals surface area contributed by atoms with Crippen molar-refractivity contribution in [1.29, 1.82) is 15.8 Å². The van der Waals surface area contributed by atoms with E-state index in [1.54, 1.807) is 102 Å². The van der Waals surface area contributed by atoms with E-state index in [9.17, 15) is 18.4 Å². The summed E-state index contributed by atoms with van der Waals surface area (Å²) in [5.74, 6) is 1.55. The number of hydrogen-bond acceptors (Lipinski definition) is 20. The van der Waals surface area contributed by atoms with Gasteiger partial charge in [0.1, 0.15) is 39.9 Å². The largest absolute Gasteiger partial charge is 0.436 e. The van der Waals surface area contributed by atoms with Crippen LogP contribution in [0, 0.1) is 87.2 Å². The van der Waals surface area contributed by atoms with Crippen molar-refractivity contribution in [3.63, 3.8) is 0 Å². The number of rotatable bonds is 17. The summed E-state index contributed by atoms with van der Waals surface area (Å²) in [5, 5.41) is 44.4. The maximum Gasteiger partial charge on any atom is 0.252 e. The van der Waals surface area contributed by atoms with Crippen LogP contribution in [0.1, 0.15) is 70.8 Å². The molecule has 0 aliphatic rings. The van der Waals surface area contributed by atoms with Crippen molar-refractivity contribution in [3.05, 3.63) is 268 Å². The average Bonchev–Trinajstić information content (AvgIpc) is 1.68. The number of aromatic nitrogens is 12. The van der Waals surface area contributed by atoms with Gasteiger partial charge in [-0.3, -0.25) is 9.59 Å². The number of benzene rings is 8. The lowest BCUT2D eigenvalue weighted by Gasteiger charge is -2.16. The molecule has 0 saturated heterocycles. The fourth-order valence-electron chi connectivity index (χ4n) is 12.3. The van der Waals surface area contributed by atoms with Gasteiger partial charge in [0.05, 0.1) is 64.7 Å². The Hall–Kier alpha value is -15.3. The van der Waals surface area contributed by atoms with Crippen LogP contribution in [-0.2, 0) is 21.1 Å². The maximum absolute atomic E-state index is 14.8. The van der Waals surface area contributed by atoms with Gasteiger partial charge in [0.15, 0.2) is 11.2 Å². The summed E-state index contributed by atoms with van der Waals surface area (Å²) >= 11 is 0. The van der Waals surface area contributed by atoms with E-state index in [1.165, 1.54) is 18.2 Å². The lowest BCUT2D eigenvalue weighted by Crippen LogP contribution is -2.11. The number of nitriles is 3. The number of nitrogens with zero attached hydrogens (tertiary/aromatic N) is 15. The molecule has 7 heterocycles. The van der Waals surface area contributed by atoms with Gasteiger partial charge in [0.2, 0.25) is 41.4 Å². The average molecular weight is 1460 g/mol. The zero-order valence-corrected chi connectivity index (χ0v) is 60.6. The molecule has 25 nitrogen and oxygen atoms in total. The van der Waals surface area contributed by atoms with Gasteiger partial charge in [-0.2, -0.15) is 45.9 Å². The fourth-order valence-corrected chi connectivity index (χ4v) is 12.3. The van der Waals surface area contributed by atoms with Crippen LogP contribution in [0.5, 0.6) is 34.9 Å². The minimum atomic E-state index is -0.690. The molecule has 2 amide bonds. The summed E-state index contributed by atoms with van der Waals surface area (Å²) in [7, 11) is 5.64. The first-order valence-corrected chi connectivity index (χ1v) is 34.0. The van der Waals surface area contributed by atoms with Crippen molar-refractivity contribution in [2.45, 2.75) is 41.5 Å². The molecule has 0 bridgehead atoms. The number of imidazole rings is 1. The third-order valence-electron chi connectivity index (χ3n) is 17.7. The number of nitrogens with two attached hydrogens (primary N) is 2.